The van der Waals surface area contributed by atoms with Crippen LogP contribution in [0.15, 0.2) is 0 Å². The van der Waals surface area contributed by atoms with Gasteiger partial charge in [-0.2, -0.15) is 0 Å². The van der Waals surface area contributed by atoms with Gasteiger partial charge < -0.3 is 15.2 Å². The van der Waals surface area contributed by atoms with Crippen LogP contribution in [-0.2, 0) is 4.74 Å². The highest BCUT2D eigenvalue weighted by Gasteiger charge is 2.14. The van der Waals surface area contributed by atoms with E-state index in [1.807, 2.05) is 0 Å². The minimum Gasteiger partial charge on any atom is -0.392 e. The van der Waals surface area contributed by atoms with Crippen LogP contribution in [0.3, 0.4) is 0 Å². The summed E-state index contributed by atoms with van der Waals surface area (Å²) in [5, 5.41) is 12.1. The molecular formula is C8H17NO2. The van der Waals surface area contributed by atoms with E-state index in [2.05, 4.69) is 5.32 Å². The third-order valence-electron chi connectivity index (χ3n) is 1.84. The molecule has 1 rings (SSSR count). The molecule has 1 saturated heterocycles. The first-order valence-corrected chi connectivity index (χ1v) is 4.29. The van der Waals surface area contributed by atoms with Crippen LogP contribution in [0.5, 0.6) is 0 Å². The highest BCUT2D eigenvalue weighted by atomic mass is 16.5. The standard InChI is InChI=1S/C8H17NO2/c1-7(10)5-9-6-8-3-2-4-11-8/h7-10H,2-6H2,1H3/t7-,8?/m0/s1. The molecule has 2 N–H and O–H groups in total. The van der Waals surface area contributed by atoms with Crippen molar-refractivity contribution in [3.8, 4) is 0 Å². The quantitative estimate of drug-likeness (QED) is 0.613. The van der Waals surface area contributed by atoms with E-state index in [-0.39, 0.29) is 6.10 Å². The normalized spacial score (nSPS) is 27.3. The van der Waals surface area contributed by atoms with E-state index < -0.39 is 0 Å². The summed E-state index contributed by atoms with van der Waals surface area (Å²) in [7, 11) is 0. The Morgan fingerprint density at radius 2 is 2.55 bits per heavy atom. The Hall–Kier alpha value is -0.120. The van der Waals surface area contributed by atoms with Crippen molar-refractivity contribution in [1.82, 2.24) is 5.32 Å². The number of ether oxygens (including phenoxy) is 1. The lowest BCUT2D eigenvalue weighted by molar-refractivity contribution is 0.105. The maximum absolute atomic E-state index is 8.92. The van der Waals surface area contributed by atoms with Gasteiger partial charge in [0.05, 0.1) is 12.2 Å². The summed E-state index contributed by atoms with van der Waals surface area (Å²) >= 11 is 0. The molecule has 1 fully saturated rings. The van der Waals surface area contributed by atoms with Gasteiger partial charge in [0.15, 0.2) is 0 Å². The number of rotatable bonds is 4. The van der Waals surface area contributed by atoms with Gasteiger partial charge in [-0.05, 0) is 19.8 Å². The summed E-state index contributed by atoms with van der Waals surface area (Å²) < 4.78 is 5.39. The summed E-state index contributed by atoms with van der Waals surface area (Å²) in [6.07, 6.45) is 2.47. The molecule has 0 saturated carbocycles. The molecule has 0 aromatic carbocycles. The third-order valence-corrected chi connectivity index (χ3v) is 1.84. The van der Waals surface area contributed by atoms with Crippen LogP contribution in [0.2, 0.25) is 0 Å². The second-order valence-corrected chi connectivity index (χ2v) is 3.14. The van der Waals surface area contributed by atoms with Gasteiger partial charge in [0, 0.05) is 19.7 Å². The van der Waals surface area contributed by atoms with E-state index in [4.69, 9.17) is 9.84 Å². The first-order chi connectivity index (χ1) is 5.29. The monoisotopic (exact) mass is 159 g/mol. The number of nitrogens with one attached hydrogen (secondary N) is 1. The number of aliphatic hydroxyl groups is 1. The van der Waals surface area contributed by atoms with Gasteiger partial charge in [0.2, 0.25) is 0 Å². The summed E-state index contributed by atoms with van der Waals surface area (Å²) in [4.78, 5) is 0. The molecule has 0 aromatic rings. The molecule has 2 atom stereocenters. The minimum atomic E-state index is -0.253. The zero-order valence-electron chi connectivity index (χ0n) is 7.05. The second-order valence-electron chi connectivity index (χ2n) is 3.14. The van der Waals surface area contributed by atoms with E-state index in [1.165, 1.54) is 6.42 Å². The molecule has 0 aliphatic carbocycles. The van der Waals surface area contributed by atoms with Gasteiger partial charge in [-0.15, -0.1) is 0 Å². The molecule has 1 aliphatic rings. The van der Waals surface area contributed by atoms with E-state index in [1.54, 1.807) is 6.92 Å². The van der Waals surface area contributed by atoms with Gasteiger partial charge in [0.25, 0.3) is 0 Å². The molecule has 3 nitrogen and oxygen atoms in total. The lowest BCUT2D eigenvalue weighted by Crippen LogP contribution is -2.31. The van der Waals surface area contributed by atoms with Crippen LogP contribution < -0.4 is 5.32 Å². The van der Waals surface area contributed by atoms with Crippen LogP contribution in [0.25, 0.3) is 0 Å². The molecule has 11 heavy (non-hydrogen) atoms. The molecule has 0 amide bonds. The Morgan fingerprint density at radius 3 is 3.09 bits per heavy atom. The predicted octanol–water partition coefficient (Wildman–Crippen LogP) is 0.136. The molecule has 1 unspecified atom stereocenters. The van der Waals surface area contributed by atoms with Gasteiger partial charge >= 0.3 is 0 Å². The largest absolute Gasteiger partial charge is 0.392 e. The second kappa shape index (κ2) is 4.70. The average Bonchev–Trinajstić information content (AvgIpc) is 2.39. The first kappa shape index (κ1) is 8.97. The average molecular weight is 159 g/mol. The molecule has 0 radical (unpaired) electrons. The lowest BCUT2D eigenvalue weighted by atomic mass is 10.2. The van der Waals surface area contributed by atoms with Gasteiger partial charge in [-0.25, -0.2) is 0 Å². The van der Waals surface area contributed by atoms with Crippen molar-refractivity contribution < 1.29 is 9.84 Å². The summed E-state index contributed by atoms with van der Waals surface area (Å²) in [5.74, 6) is 0. The SMILES string of the molecule is C[C@H](O)CNCC1CCCO1. The lowest BCUT2D eigenvalue weighted by Gasteiger charge is -2.11. The van der Waals surface area contributed by atoms with Crippen molar-refractivity contribution >= 4 is 0 Å². The number of hydrogen-bond acceptors (Lipinski definition) is 3. The fourth-order valence-corrected chi connectivity index (χ4v) is 1.26. The van der Waals surface area contributed by atoms with Crippen LogP contribution in [0, 0.1) is 0 Å². The van der Waals surface area contributed by atoms with Crippen molar-refractivity contribution in [3.05, 3.63) is 0 Å². The van der Waals surface area contributed by atoms with E-state index >= 15 is 0 Å². The third kappa shape index (κ3) is 3.70. The van der Waals surface area contributed by atoms with Crippen molar-refractivity contribution in [1.29, 1.82) is 0 Å². The number of aliphatic hydroxyl groups excluding tert-OH is 1. The zero-order valence-corrected chi connectivity index (χ0v) is 7.05. The zero-order chi connectivity index (χ0) is 8.10. The van der Waals surface area contributed by atoms with Gasteiger partial charge in [-0.3, -0.25) is 0 Å². The summed E-state index contributed by atoms with van der Waals surface area (Å²) in [5.41, 5.74) is 0. The van der Waals surface area contributed by atoms with Crippen molar-refractivity contribution in [2.45, 2.75) is 32.0 Å². The Balaban J connectivity index is 1.94. The first-order valence-electron chi connectivity index (χ1n) is 4.29. The Bertz CT molecular complexity index is 100. The Kier molecular flexibility index (Phi) is 3.83. The van der Waals surface area contributed by atoms with Crippen molar-refractivity contribution in [2.75, 3.05) is 19.7 Å². The van der Waals surface area contributed by atoms with Crippen molar-refractivity contribution in [2.24, 2.45) is 0 Å². The van der Waals surface area contributed by atoms with Crippen LogP contribution >= 0.6 is 0 Å². The van der Waals surface area contributed by atoms with Crippen LogP contribution in [0.1, 0.15) is 19.8 Å². The molecule has 0 spiro atoms. The fraction of sp³-hybridized carbons (Fsp3) is 1.00. The molecular weight excluding hydrogens is 142 g/mol. The molecule has 0 bridgehead atoms. The van der Waals surface area contributed by atoms with E-state index in [0.717, 1.165) is 19.6 Å². The molecule has 66 valence electrons. The Morgan fingerprint density at radius 1 is 1.73 bits per heavy atom. The fourth-order valence-electron chi connectivity index (χ4n) is 1.26. The minimum absolute atomic E-state index is 0.253. The number of hydrogen-bond donors (Lipinski definition) is 2. The molecule has 0 aromatic heterocycles. The van der Waals surface area contributed by atoms with Gasteiger partial charge in [-0.1, -0.05) is 0 Å². The van der Waals surface area contributed by atoms with Gasteiger partial charge in [0.1, 0.15) is 0 Å². The highest BCUT2D eigenvalue weighted by Crippen LogP contribution is 2.10. The Labute approximate surface area is 67.7 Å². The summed E-state index contributed by atoms with van der Waals surface area (Å²) in [6.45, 7) is 4.23. The summed E-state index contributed by atoms with van der Waals surface area (Å²) in [6, 6.07) is 0. The van der Waals surface area contributed by atoms with E-state index in [0.29, 0.717) is 12.6 Å². The van der Waals surface area contributed by atoms with Crippen LogP contribution in [-0.4, -0.2) is 37.0 Å². The van der Waals surface area contributed by atoms with E-state index in [9.17, 15) is 0 Å². The molecule has 3 heteroatoms. The maximum Gasteiger partial charge on any atom is 0.0700 e. The molecule has 1 aliphatic heterocycles. The molecule has 1 heterocycles. The smallest absolute Gasteiger partial charge is 0.0700 e. The van der Waals surface area contributed by atoms with Crippen LogP contribution in [0.4, 0.5) is 0 Å². The maximum atomic E-state index is 8.92. The topological polar surface area (TPSA) is 41.5 Å². The highest BCUT2D eigenvalue weighted by molar-refractivity contribution is 4.67. The predicted molar refractivity (Wildman–Crippen MR) is 43.5 cm³/mol. The van der Waals surface area contributed by atoms with Crippen molar-refractivity contribution in [3.63, 3.8) is 0 Å².